The maximum atomic E-state index is 11.6. The molecule has 0 aliphatic rings. The minimum absolute atomic E-state index is 0.0117. The van der Waals surface area contributed by atoms with E-state index in [1.54, 1.807) is 11.3 Å². The molecule has 106 valence electrons. The van der Waals surface area contributed by atoms with E-state index in [9.17, 15) is 4.79 Å². The van der Waals surface area contributed by atoms with Gasteiger partial charge < -0.3 is 10.6 Å². The molecule has 4 nitrogen and oxygen atoms in total. The molecule has 2 N–H and O–H groups in total. The highest BCUT2D eigenvalue weighted by atomic mass is 32.1. The number of aryl methyl sites for hydroxylation is 1. The molecule has 0 aliphatic carbocycles. The lowest BCUT2D eigenvalue weighted by atomic mass is 10.2. The van der Waals surface area contributed by atoms with Gasteiger partial charge in [-0.25, -0.2) is 4.98 Å². The summed E-state index contributed by atoms with van der Waals surface area (Å²) < 4.78 is 0. The van der Waals surface area contributed by atoms with Crippen molar-refractivity contribution in [2.45, 2.75) is 27.3 Å². The van der Waals surface area contributed by atoms with E-state index in [1.807, 2.05) is 51.2 Å². The summed E-state index contributed by atoms with van der Waals surface area (Å²) in [6, 6.07) is 7.73. The Kier molecular flexibility index (Phi) is 4.74. The molecule has 1 aromatic carbocycles. The van der Waals surface area contributed by atoms with E-state index in [0.717, 1.165) is 22.9 Å². The van der Waals surface area contributed by atoms with Gasteiger partial charge in [0.05, 0.1) is 11.6 Å². The van der Waals surface area contributed by atoms with Crippen molar-refractivity contribution in [3.63, 3.8) is 0 Å². The maximum Gasteiger partial charge on any atom is 0.226 e. The Morgan fingerprint density at radius 2 is 1.90 bits per heavy atom. The van der Waals surface area contributed by atoms with Crippen LogP contribution in [-0.4, -0.2) is 10.9 Å². The average molecular weight is 289 g/mol. The third kappa shape index (κ3) is 4.06. The Morgan fingerprint density at radius 1 is 1.25 bits per heavy atom. The summed E-state index contributed by atoms with van der Waals surface area (Å²) in [5.41, 5.74) is 1.85. The number of carbonyl (C=O) groups excluding carboxylic acids is 1. The molecule has 5 heteroatoms. The van der Waals surface area contributed by atoms with Crippen LogP contribution >= 0.6 is 11.3 Å². The summed E-state index contributed by atoms with van der Waals surface area (Å²) in [6.45, 7) is 6.52. The zero-order valence-electron chi connectivity index (χ0n) is 11.9. The Morgan fingerprint density at radius 3 is 2.45 bits per heavy atom. The highest BCUT2D eigenvalue weighted by molar-refractivity contribution is 7.11. The molecule has 0 unspecified atom stereocenters. The molecule has 0 spiro atoms. The second-order valence-electron chi connectivity index (χ2n) is 4.92. The number of anilines is 2. The Bertz CT molecular complexity index is 575. The molecule has 2 rings (SSSR count). The molecule has 1 aromatic heterocycles. The van der Waals surface area contributed by atoms with Crippen LogP contribution in [0.4, 0.5) is 11.4 Å². The summed E-state index contributed by atoms with van der Waals surface area (Å²) in [6.07, 6.45) is 1.89. The number of rotatable bonds is 5. The van der Waals surface area contributed by atoms with Crippen molar-refractivity contribution in [1.29, 1.82) is 0 Å². The zero-order valence-corrected chi connectivity index (χ0v) is 12.8. The van der Waals surface area contributed by atoms with Gasteiger partial charge in [-0.15, -0.1) is 11.3 Å². The first-order chi connectivity index (χ1) is 9.54. The lowest BCUT2D eigenvalue weighted by Gasteiger charge is -2.09. The van der Waals surface area contributed by atoms with Crippen LogP contribution in [0.1, 0.15) is 23.7 Å². The van der Waals surface area contributed by atoms with Gasteiger partial charge in [0.25, 0.3) is 0 Å². The van der Waals surface area contributed by atoms with Crippen molar-refractivity contribution < 1.29 is 4.79 Å². The van der Waals surface area contributed by atoms with Crippen molar-refractivity contribution >= 4 is 28.6 Å². The molecular weight excluding hydrogens is 270 g/mol. The molecule has 0 radical (unpaired) electrons. The van der Waals surface area contributed by atoms with E-state index in [1.165, 1.54) is 4.88 Å². The smallest absolute Gasteiger partial charge is 0.226 e. The van der Waals surface area contributed by atoms with E-state index >= 15 is 0 Å². The van der Waals surface area contributed by atoms with Crippen LogP contribution in [-0.2, 0) is 11.3 Å². The van der Waals surface area contributed by atoms with Gasteiger partial charge in [0.15, 0.2) is 0 Å². The Hall–Kier alpha value is -1.88. The van der Waals surface area contributed by atoms with Gasteiger partial charge in [0.2, 0.25) is 5.91 Å². The fraction of sp³-hybridized carbons (Fsp3) is 0.333. The van der Waals surface area contributed by atoms with Crippen LogP contribution in [0.15, 0.2) is 30.5 Å². The van der Waals surface area contributed by atoms with Crippen LogP contribution in [0.3, 0.4) is 0 Å². The quantitative estimate of drug-likeness (QED) is 0.883. The fourth-order valence-electron chi connectivity index (χ4n) is 1.63. The minimum Gasteiger partial charge on any atom is -0.380 e. The highest BCUT2D eigenvalue weighted by Crippen LogP contribution is 2.17. The topological polar surface area (TPSA) is 54.0 Å². The van der Waals surface area contributed by atoms with Gasteiger partial charge in [-0.3, -0.25) is 4.79 Å². The van der Waals surface area contributed by atoms with E-state index in [0.29, 0.717) is 0 Å². The molecule has 20 heavy (non-hydrogen) atoms. The van der Waals surface area contributed by atoms with Gasteiger partial charge in [0.1, 0.15) is 0 Å². The number of carbonyl (C=O) groups is 1. The second-order valence-corrected chi connectivity index (χ2v) is 6.24. The van der Waals surface area contributed by atoms with Gasteiger partial charge >= 0.3 is 0 Å². The maximum absolute atomic E-state index is 11.6. The Balaban J connectivity index is 1.89. The summed E-state index contributed by atoms with van der Waals surface area (Å²) >= 11 is 1.69. The van der Waals surface area contributed by atoms with Crippen molar-refractivity contribution in [3.05, 3.63) is 40.3 Å². The predicted molar refractivity (Wildman–Crippen MR) is 84.1 cm³/mol. The number of hydrogen-bond acceptors (Lipinski definition) is 4. The molecular formula is C15H19N3OS. The fourth-order valence-corrected chi connectivity index (χ4v) is 2.37. The molecule has 0 fully saturated rings. The normalized spacial score (nSPS) is 10.6. The van der Waals surface area contributed by atoms with Crippen LogP contribution in [0.5, 0.6) is 0 Å². The van der Waals surface area contributed by atoms with Crippen molar-refractivity contribution in [2.24, 2.45) is 5.92 Å². The van der Waals surface area contributed by atoms with E-state index in [-0.39, 0.29) is 11.8 Å². The first kappa shape index (κ1) is 14.5. The lowest BCUT2D eigenvalue weighted by Crippen LogP contribution is -2.17. The first-order valence-corrected chi connectivity index (χ1v) is 7.42. The largest absolute Gasteiger partial charge is 0.380 e. The highest BCUT2D eigenvalue weighted by Gasteiger charge is 2.06. The standard InChI is InChI=1S/C15H19N3OS/c1-10(2)15(19)18-13-6-4-12(5-7-13)17-9-14-8-16-11(3)20-14/h4-8,10,17H,9H2,1-3H3,(H,18,19). The third-order valence-corrected chi connectivity index (χ3v) is 3.73. The predicted octanol–water partition coefficient (Wildman–Crippen LogP) is 3.66. The Labute approximate surface area is 123 Å². The number of benzene rings is 1. The van der Waals surface area contributed by atoms with Gasteiger partial charge in [0, 0.05) is 28.4 Å². The van der Waals surface area contributed by atoms with Crippen molar-refractivity contribution in [2.75, 3.05) is 10.6 Å². The molecule has 1 heterocycles. The lowest BCUT2D eigenvalue weighted by molar-refractivity contribution is -0.118. The van der Waals surface area contributed by atoms with Gasteiger partial charge in [-0.05, 0) is 31.2 Å². The molecule has 0 bridgehead atoms. The third-order valence-electron chi connectivity index (χ3n) is 2.81. The van der Waals surface area contributed by atoms with Crippen molar-refractivity contribution in [3.8, 4) is 0 Å². The van der Waals surface area contributed by atoms with Crippen molar-refractivity contribution in [1.82, 2.24) is 4.98 Å². The number of nitrogens with one attached hydrogen (secondary N) is 2. The number of thiazole rings is 1. The van der Waals surface area contributed by atoms with Crippen LogP contribution in [0, 0.1) is 12.8 Å². The van der Waals surface area contributed by atoms with E-state index in [4.69, 9.17) is 0 Å². The van der Waals surface area contributed by atoms with E-state index in [2.05, 4.69) is 15.6 Å². The number of hydrogen-bond donors (Lipinski definition) is 2. The number of nitrogens with zero attached hydrogens (tertiary/aromatic N) is 1. The van der Waals surface area contributed by atoms with Gasteiger partial charge in [-0.2, -0.15) is 0 Å². The number of amides is 1. The van der Waals surface area contributed by atoms with Gasteiger partial charge in [-0.1, -0.05) is 13.8 Å². The monoisotopic (exact) mass is 289 g/mol. The SMILES string of the molecule is Cc1ncc(CNc2ccc(NC(=O)C(C)C)cc2)s1. The van der Waals surface area contributed by atoms with Crippen LogP contribution in [0.2, 0.25) is 0 Å². The summed E-state index contributed by atoms with van der Waals surface area (Å²) in [5.74, 6) is 0.0215. The minimum atomic E-state index is -0.0117. The second kappa shape index (κ2) is 6.52. The summed E-state index contributed by atoms with van der Waals surface area (Å²) in [4.78, 5) is 17.0. The molecule has 2 aromatic rings. The first-order valence-electron chi connectivity index (χ1n) is 6.60. The molecule has 0 saturated heterocycles. The molecule has 0 atom stereocenters. The average Bonchev–Trinajstić information content (AvgIpc) is 2.83. The summed E-state index contributed by atoms with van der Waals surface area (Å²) in [5, 5.41) is 7.28. The molecule has 0 aliphatic heterocycles. The van der Waals surface area contributed by atoms with Crippen LogP contribution < -0.4 is 10.6 Å². The number of aromatic nitrogens is 1. The zero-order chi connectivity index (χ0) is 14.5. The molecule has 1 amide bonds. The van der Waals surface area contributed by atoms with E-state index < -0.39 is 0 Å². The summed E-state index contributed by atoms with van der Waals surface area (Å²) in [7, 11) is 0. The van der Waals surface area contributed by atoms with Crippen LogP contribution in [0.25, 0.3) is 0 Å². The molecule has 0 saturated carbocycles.